The van der Waals surface area contributed by atoms with Gasteiger partial charge in [0.15, 0.2) is 6.54 Å². The lowest BCUT2D eigenvalue weighted by Crippen LogP contribution is -2.36. The van der Waals surface area contributed by atoms with E-state index in [1.165, 1.54) is 32.0 Å². The molecule has 3 nitrogen and oxygen atoms in total. The van der Waals surface area contributed by atoms with Gasteiger partial charge in [0.1, 0.15) is 10.5 Å². The largest absolute Gasteiger partial charge is 0.340 e. The van der Waals surface area contributed by atoms with Crippen LogP contribution in [0.4, 0.5) is 11.4 Å². The molecule has 4 heteroatoms. The number of hydrogen-bond acceptors (Lipinski definition) is 3. The van der Waals surface area contributed by atoms with Crippen LogP contribution in [-0.4, -0.2) is 0 Å². The van der Waals surface area contributed by atoms with Crippen molar-refractivity contribution >= 4 is 39.0 Å². The predicted octanol–water partition coefficient (Wildman–Crippen LogP) is 6.67. The van der Waals surface area contributed by atoms with Crippen molar-refractivity contribution in [1.82, 2.24) is 0 Å². The molecule has 160 valence electrons. The lowest BCUT2D eigenvalue weighted by Gasteiger charge is -2.20. The minimum atomic E-state index is 0.820. The van der Waals surface area contributed by atoms with E-state index in [0.29, 0.717) is 0 Å². The summed E-state index contributed by atoms with van der Waals surface area (Å²) in [5, 5.41) is 4.90. The average molecular weight is 447 g/mol. The van der Waals surface area contributed by atoms with Crippen LogP contribution in [-0.2, 0) is 13.1 Å². The van der Waals surface area contributed by atoms with Crippen molar-refractivity contribution < 1.29 is 4.57 Å². The second kappa shape index (κ2) is 8.57. The molecule has 6 rings (SSSR count). The molecule has 0 aliphatic carbocycles. The Morgan fingerprint density at radius 2 is 1.39 bits per heavy atom. The topological polar surface area (TPSA) is 19.1 Å². The highest BCUT2D eigenvalue weighted by molar-refractivity contribution is 7.18. The van der Waals surface area contributed by atoms with Gasteiger partial charge in [-0.3, -0.25) is 0 Å². The van der Waals surface area contributed by atoms with Gasteiger partial charge in [-0.1, -0.05) is 96.3 Å². The third-order valence-electron chi connectivity index (χ3n) is 6.01. The first-order valence-electron chi connectivity index (χ1n) is 11.2. The van der Waals surface area contributed by atoms with Crippen molar-refractivity contribution in [3.63, 3.8) is 0 Å². The first kappa shape index (κ1) is 19.8. The standard InChI is InChI=1S/C29H23N3S/c1-3-11-22(12-4-1)20-31-25-16-8-7-15-24(25)30-28(31)19-29-32(21-23-13-5-2-6-14-23)26-17-9-10-18-27(26)33-29/h1-19H,20-21H2/p+1. The van der Waals surface area contributed by atoms with E-state index in [4.69, 9.17) is 0 Å². The number of aromatic nitrogens is 1. The molecule has 4 aromatic carbocycles. The Bertz CT molecular complexity index is 1440. The van der Waals surface area contributed by atoms with Crippen molar-refractivity contribution in [3.8, 4) is 0 Å². The van der Waals surface area contributed by atoms with E-state index in [1.807, 2.05) is 11.3 Å². The molecule has 0 saturated heterocycles. The summed E-state index contributed by atoms with van der Waals surface area (Å²) in [6, 6.07) is 38.5. The highest BCUT2D eigenvalue weighted by Gasteiger charge is 2.27. The fraction of sp³-hybridized carbons (Fsp3) is 0.0690. The summed E-state index contributed by atoms with van der Waals surface area (Å²) in [5.74, 6) is 1.11. The van der Waals surface area contributed by atoms with Crippen molar-refractivity contribution in [2.24, 2.45) is 0 Å². The summed E-state index contributed by atoms with van der Waals surface area (Å²) in [5.41, 5.74) is 6.21. The zero-order chi connectivity index (χ0) is 22.0. The minimum absolute atomic E-state index is 0.820. The van der Waals surface area contributed by atoms with Crippen LogP contribution < -0.4 is 14.8 Å². The summed E-state index contributed by atoms with van der Waals surface area (Å²) in [6.45, 7) is 1.66. The van der Waals surface area contributed by atoms with Crippen molar-refractivity contribution in [1.29, 1.82) is 0 Å². The number of anilines is 2. The van der Waals surface area contributed by atoms with E-state index in [-0.39, 0.29) is 0 Å². The molecule has 0 fully saturated rings. The molecule has 0 saturated carbocycles. The average Bonchev–Trinajstić information content (AvgIpc) is 3.38. The number of para-hydroxylation sites is 3. The number of rotatable bonds is 5. The van der Waals surface area contributed by atoms with Crippen LogP contribution in [0.3, 0.4) is 0 Å². The Balaban J connectivity index is 1.45. The number of benzene rings is 4. The SMILES string of the molecule is C(=C1Nc2ccccc2N1Cc1ccccc1)c1sc2ccccc2[n+]1Cc1ccccc1. The van der Waals surface area contributed by atoms with Gasteiger partial charge in [0.25, 0.3) is 5.01 Å². The van der Waals surface area contributed by atoms with Crippen LogP contribution in [0, 0.1) is 0 Å². The summed E-state index contributed by atoms with van der Waals surface area (Å²) in [6.07, 6.45) is 2.30. The van der Waals surface area contributed by atoms with E-state index < -0.39 is 0 Å². The molecule has 1 aliphatic heterocycles. The monoisotopic (exact) mass is 446 g/mol. The van der Waals surface area contributed by atoms with Gasteiger partial charge >= 0.3 is 0 Å². The van der Waals surface area contributed by atoms with E-state index in [1.54, 1.807) is 0 Å². The molecule has 1 N–H and O–H groups in total. The zero-order valence-electron chi connectivity index (χ0n) is 18.2. The Kier molecular flexibility index (Phi) is 5.13. The summed E-state index contributed by atoms with van der Waals surface area (Å²) in [7, 11) is 0. The fourth-order valence-electron chi connectivity index (χ4n) is 4.41. The molecule has 0 bridgehead atoms. The Morgan fingerprint density at radius 3 is 2.21 bits per heavy atom. The van der Waals surface area contributed by atoms with Crippen LogP contribution in [0.2, 0.25) is 0 Å². The van der Waals surface area contributed by atoms with E-state index in [2.05, 4.69) is 130 Å². The lowest BCUT2D eigenvalue weighted by molar-refractivity contribution is -0.659. The Hall–Kier alpha value is -3.89. The first-order chi connectivity index (χ1) is 16.3. The van der Waals surface area contributed by atoms with E-state index in [0.717, 1.165) is 24.6 Å². The second-order valence-electron chi connectivity index (χ2n) is 8.22. The quantitative estimate of drug-likeness (QED) is 0.304. The molecule has 1 aromatic heterocycles. The van der Waals surface area contributed by atoms with Crippen LogP contribution in [0.1, 0.15) is 16.1 Å². The van der Waals surface area contributed by atoms with Gasteiger partial charge in [-0.05, 0) is 23.8 Å². The number of nitrogens with zero attached hydrogens (tertiary/aromatic N) is 2. The molecular formula is C29H24N3S+. The third kappa shape index (κ3) is 3.90. The van der Waals surface area contributed by atoms with Crippen LogP contribution in [0.15, 0.2) is 115 Å². The Morgan fingerprint density at radius 1 is 0.727 bits per heavy atom. The van der Waals surface area contributed by atoms with Crippen LogP contribution in [0.5, 0.6) is 0 Å². The molecule has 1 aliphatic rings. The molecule has 0 unspecified atom stereocenters. The van der Waals surface area contributed by atoms with Crippen molar-refractivity contribution in [2.45, 2.75) is 13.1 Å². The molecule has 0 spiro atoms. The predicted molar refractivity (Wildman–Crippen MR) is 138 cm³/mol. The number of fused-ring (bicyclic) bond motifs is 2. The van der Waals surface area contributed by atoms with Crippen LogP contribution in [0.25, 0.3) is 16.3 Å². The maximum absolute atomic E-state index is 3.67. The molecule has 5 aromatic rings. The van der Waals surface area contributed by atoms with Gasteiger partial charge < -0.3 is 10.2 Å². The smallest absolute Gasteiger partial charge is 0.266 e. The number of nitrogens with one attached hydrogen (secondary N) is 1. The van der Waals surface area contributed by atoms with Gasteiger partial charge in [0.2, 0.25) is 5.52 Å². The van der Waals surface area contributed by atoms with Gasteiger partial charge in [0.05, 0.1) is 17.5 Å². The summed E-state index contributed by atoms with van der Waals surface area (Å²) < 4.78 is 3.72. The first-order valence-corrected chi connectivity index (χ1v) is 12.0. The fourth-order valence-corrected chi connectivity index (χ4v) is 5.51. The van der Waals surface area contributed by atoms with Gasteiger partial charge in [0, 0.05) is 18.2 Å². The number of thiazole rings is 1. The molecule has 33 heavy (non-hydrogen) atoms. The normalized spacial score (nSPS) is 13.9. The molecule has 0 radical (unpaired) electrons. The van der Waals surface area contributed by atoms with E-state index >= 15 is 0 Å². The lowest BCUT2D eigenvalue weighted by atomic mass is 10.2. The molecular weight excluding hydrogens is 422 g/mol. The van der Waals surface area contributed by atoms with Crippen LogP contribution >= 0.6 is 11.3 Å². The summed E-state index contributed by atoms with van der Waals surface area (Å²) in [4.78, 5) is 2.38. The highest BCUT2D eigenvalue weighted by Crippen LogP contribution is 2.38. The number of hydrogen-bond donors (Lipinski definition) is 1. The van der Waals surface area contributed by atoms with Gasteiger partial charge in [-0.15, -0.1) is 0 Å². The third-order valence-corrected chi connectivity index (χ3v) is 7.12. The maximum atomic E-state index is 3.67. The zero-order valence-corrected chi connectivity index (χ0v) is 19.0. The summed E-state index contributed by atoms with van der Waals surface area (Å²) >= 11 is 1.84. The second-order valence-corrected chi connectivity index (χ2v) is 9.29. The Labute approximate surface area is 197 Å². The maximum Gasteiger partial charge on any atom is 0.266 e. The van der Waals surface area contributed by atoms with Gasteiger partial charge in [-0.25, -0.2) is 0 Å². The minimum Gasteiger partial charge on any atom is -0.340 e. The molecule has 0 atom stereocenters. The highest BCUT2D eigenvalue weighted by atomic mass is 32.1. The van der Waals surface area contributed by atoms with Crippen molar-refractivity contribution in [3.05, 3.63) is 131 Å². The molecule has 0 amide bonds. The molecule has 2 heterocycles. The van der Waals surface area contributed by atoms with E-state index in [9.17, 15) is 0 Å². The van der Waals surface area contributed by atoms with Gasteiger partial charge in [-0.2, -0.15) is 4.57 Å². The van der Waals surface area contributed by atoms with Crippen molar-refractivity contribution in [2.75, 3.05) is 10.2 Å².